The standard InChI is InChI=1S/C14H22N2O3S/c1-19-14-3-2-8-16(10-14)20(17,18)11-13-6-4-12(9-15)5-7-13/h4-7,14H,2-3,8-11,15H2,1H3. The van der Waals surface area contributed by atoms with Crippen LogP contribution < -0.4 is 5.73 Å². The summed E-state index contributed by atoms with van der Waals surface area (Å²) in [5.41, 5.74) is 7.33. The monoisotopic (exact) mass is 298 g/mol. The van der Waals surface area contributed by atoms with E-state index in [1.165, 1.54) is 0 Å². The maximum absolute atomic E-state index is 12.4. The van der Waals surface area contributed by atoms with Gasteiger partial charge in [-0.15, -0.1) is 0 Å². The van der Waals surface area contributed by atoms with E-state index in [9.17, 15) is 8.42 Å². The fraction of sp³-hybridized carbons (Fsp3) is 0.571. The molecule has 1 saturated heterocycles. The van der Waals surface area contributed by atoms with Crippen LogP contribution >= 0.6 is 0 Å². The highest BCUT2D eigenvalue weighted by Crippen LogP contribution is 2.19. The van der Waals surface area contributed by atoms with Gasteiger partial charge in [-0.3, -0.25) is 0 Å². The fourth-order valence-corrected chi connectivity index (χ4v) is 4.02. The molecule has 5 nitrogen and oxygen atoms in total. The highest BCUT2D eigenvalue weighted by Gasteiger charge is 2.28. The van der Waals surface area contributed by atoms with E-state index < -0.39 is 10.0 Å². The van der Waals surface area contributed by atoms with E-state index >= 15 is 0 Å². The summed E-state index contributed by atoms with van der Waals surface area (Å²) in [4.78, 5) is 0. The number of piperidine rings is 1. The van der Waals surface area contributed by atoms with Gasteiger partial charge in [0, 0.05) is 26.7 Å². The lowest BCUT2D eigenvalue weighted by Crippen LogP contribution is -2.43. The second-order valence-electron chi connectivity index (χ2n) is 5.13. The third-order valence-electron chi connectivity index (χ3n) is 3.68. The van der Waals surface area contributed by atoms with Gasteiger partial charge in [-0.1, -0.05) is 24.3 Å². The third kappa shape index (κ3) is 3.79. The van der Waals surface area contributed by atoms with Crippen molar-refractivity contribution in [2.24, 2.45) is 5.73 Å². The molecule has 0 spiro atoms. The largest absolute Gasteiger partial charge is 0.380 e. The van der Waals surface area contributed by atoms with Gasteiger partial charge in [-0.05, 0) is 24.0 Å². The number of hydrogen-bond donors (Lipinski definition) is 1. The van der Waals surface area contributed by atoms with Gasteiger partial charge in [-0.25, -0.2) is 8.42 Å². The Labute approximate surface area is 120 Å². The van der Waals surface area contributed by atoms with Crippen molar-refractivity contribution < 1.29 is 13.2 Å². The first-order chi connectivity index (χ1) is 9.55. The Kier molecular flexibility index (Phi) is 5.15. The van der Waals surface area contributed by atoms with Crippen molar-refractivity contribution in [1.29, 1.82) is 0 Å². The Hall–Kier alpha value is -0.950. The summed E-state index contributed by atoms with van der Waals surface area (Å²) in [5.74, 6) is 0.0360. The van der Waals surface area contributed by atoms with Gasteiger partial charge in [0.2, 0.25) is 10.0 Å². The van der Waals surface area contributed by atoms with Crippen LogP contribution in [0, 0.1) is 0 Å². The highest BCUT2D eigenvalue weighted by atomic mass is 32.2. The first-order valence-corrected chi connectivity index (χ1v) is 8.44. The smallest absolute Gasteiger partial charge is 0.218 e. The average Bonchev–Trinajstić information content (AvgIpc) is 2.48. The number of ether oxygens (including phenoxy) is 1. The minimum absolute atomic E-state index is 0.0122. The van der Waals surface area contributed by atoms with Crippen LogP contribution in [-0.4, -0.2) is 39.0 Å². The Morgan fingerprint density at radius 1 is 1.30 bits per heavy atom. The van der Waals surface area contributed by atoms with E-state index in [1.54, 1.807) is 11.4 Å². The third-order valence-corrected chi connectivity index (χ3v) is 5.49. The quantitative estimate of drug-likeness (QED) is 0.883. The number of hydrogen-bond acceptors (Lipinski definition) is 4. The Balaban J connectivity index is 2.05. The zero-order valence-electron chi connectivity index (χ0n) is 11.8. The molecule has 0 aliphatic carbocycles. The van der Waals surface area contributed by atoms with Crippen molar-refractivity contribution >= 4 is 10.0 Å². The summed E-state index contributed by atoms with van der Waals surface area (Å²) in [7, 11) is -1.65. The molecule has 0 aromatic heterocycles. The Morgan fingerprint density at radius 2 is 1.95 bits per heavy atom. The van der Waals surface area contributed by atoms with E-state index in [-0.39, 0.29) is 11.9 Å². The fourth-order valence-electron chi connectivity index (χ4n) is 2.42. The molecule has 6 heteroatoms. The maximum atomic E-state index is 12.4. The molecule has 20 heavy (non-hydrogen) atoms. The summed E-state index contributed by atoms with van der Waals surface area (Å²) in [6, 6.07) is 7.41. The van der Waals surface area contributed by atoms with E-state index in [0.717, 1.165) is 24.0 Å². The molecule has 0 saturated carbocycles. The normalized spacial score (nSPS) is 21.0. The van der Waals surface area contributed by atoms with Crippen LogP contribution in [0.25, 0.3) is 0 Å². The van der Waals surface area contributed by atoms with Gasteiger partial charge in [0.15, 0.2) is 0 Å². The average molecular weight is 298 g/mol. The molecule has 0 amide bonds. The molecule has 1 heterocycles. The molecule has 1 aliphatic rings. The molecule has 1 aromatic carbocycles. The van der Waals surface area contributed by atoms with Crippen molar-refractivity contribution in [2.45, 2.75) is 31.2 Å². The molecule has 1 unspecified atom stereocenters. The van der Waals surface area contributed by atoms with Gasteiger partial charge < -0.3 is 10.5 Å². The molecule has 2 rings (SSSR count). The molecule has 1 atom stereocenters. The second-order valence-corrected chi connectivity index (χ2v) is 7.10. The van der Waals surface area contributed by atoms with Crippen LogP contribution in [0.15, 0.2) is 24.3 Å². The molecule has 1 aliphatic heterocycles. The molecule has 0 bridgehead atoms. The predicted octanol–water partition coefficient (Wildman–Crippen LogP) is 1.09. The molecular formula is C14H22N2O3S. The SMILES string of the molecule is COC1CCCN(S(=O)(=O)Cc2ccc(CN)cc2)C1. The minimum atomic E-state index is -3.28. The van der Waals surface area contributed by atoms with Crippen LogP contribution in [0.1, 0.15) is 24.0 Å². The van der Waals surface area contributed by atoms with Gasteiger partial charge in [0.25, 0.3) is 0 Å². The van der Waals surface area contributed by atoms with Crippen molar-refractivity contribution in [3.63, 3.8) is 0 Å². The van der Waals surface area contributed by atoms with Crippen molar-refractivity contribution in [2.75, 3.05) is 20.2 Å². The van der Waals surface area contributed by atoms with Crippen LogP contribution in [0.3, 0.4) is 0 Å². The summed E-state index contributed by atoms with van der Waals surface area (Å²) in [6.45, 7) is 1.51. The van der Waals surface area contributed by atoms with Crippen LogP contribution in [0.2, 0.25) is 0 Å². The van der Waals surface area contributed by atoms with Gasteiger partial charge in [0.05, 0.1) is 11.9 Å². The molecular weight excluding hydrogens is 276 g/mol. The van der Waals surface area contributed by atoms with Crippen molar-refractivity contribution in [3.8, 4) is 0 Å². The molecule has 2 N–H and O–H groups in total. The zero-order chi connectivity index (χ0) is 14.6. The molecule has 1 aromatic rings. The number of nitrogens with two attached hydrogens (primary N) is 1. The van der Waals surface area contributed by atoms with Crippen LogP contribution in [0.5, 0.6) is 0 Å². The zero-order valence-corrected chi connectivity index (χ0v) is 12.6. The number of sulfonamides is 1. The molecule has 1 fully saturated rings. The Morgan fingerprint density at radius 3 is 2.55 bits per heavy atom. The summed E-state index contributed by atoms with van der Waals surface area (Å²) in [5, 5.41) is 0. The van der Waals surface area contributed by atoms with E-state index in [1.807, 2.05) is 24.3 Å². The van der Waals surface area contributed by atoms with Crippen LogP contribution in [0.4, 0.5) is 0 Å². The first kappa shape index (κ1) is 15.4. The van der Waals surface area contributed by atoms with Crippen LogP contribution in [-0.2, 0) is 27.1 Å². The summed E-state index contributed by atoms with van der Waals surface area (Å²) >= 11 is 0. The second kappa shape index (κ2) is 6.67. The van der Waals surface area contributed by atoms with E-state index in [0.29, 0.717) is 19.6 Å². The predicted molar refractivity (Wildman–Crippen MR) is 78.6 cm³/mol. The van der Waals surface area contributed by atoms with Gasteiger partial charge in [0.1, 0.15) is 0 Å². The lowest BCUT2D eigenvalue weighted by molar-refractivity contribution is 0.0571. The van der Waals surface area contributed by atoms with Gasteiger partial charge >= 0.3 is 0 Å². The topological polar surface area (TPSA) is 72.6 Å². The Bertz CT molecular complexity index is 528. The number of methoxy groups -OCH3 is 1. The highest BCUT2D eigenvalue weighted by molar-refractivity contribution is 7.88. The molecule has 0 radical (unpaired) electrons. The number of nitrogens with zero attached hydrogens (tertiary/aromatic N) is 1. The maximum Gasteiger partial charge on any atom is 0.218 e. The minimum Gasteiger partial charge on any atom is -0.380 e. The van der Waals surface area contributed by atoms with Crippen molar-refractivity contribution in [1.82, 2.24) is 4.31 Å². The number of rotatable bonds is 5. The van der Waals surface area contributed by atoms with E-state index in [4.69, 9.17) is 10.5 Å². The van der Waals surface area contributed by atoms with Gasteiger partial charge in [-0.2, -0.15) is 4.31 Å². The molecule has 112 valence electrons. The lowest BCUT2D eigenvalue weighted by atomic mass is 10.1. The lowest BCUT2D eigenvalue weighted by Gasteiger charge is -2.31. The summed E-state index contributed by atoms with van der Waals surface area (Å²) < 4.78 is 31.7. The summed E-state index contributed by atoms with van der Waals surface area (Å²) in [6.07, 6.45) is 1.79. The van der Waals surface area contributed by atoms with Crippen molar-refractivity contribution in [3.05, 3.63) is 35.4 Å². The number of benzene rings is 1. The van der Waals surface area contributed by atoms with E-state index in [2.05, 4.69) is 0 Å². The first-order valence-electron chi connectivity index (χ1n) is 6.83.